The topological polar surface area (TPSA) is 63.6 Å². The summed E-state index contributed by atoms with van der Waals surface area (Å²) in [4.78, 5) is 16.3. The summed E-state index contributed by atoms with van der Waals surface area (Å²) in [7, 11) is 0. The summed E-state index contributed by atoms with van der Waals surface area (Å²) < 4.78 is 13.7. The molecular formula is C14H16FN5. The molecule has 3 rings (SSSR count). The van der Waals surface area contributed by atoms with Crippen molar-refractivity contribution in [1.29, 1.82) is 0 Å². The summed E-state index contributed by atoms with van der Waals surface area (Å²) in [6, 6.07) is 1.70. The van der Waals surface area contributed by atoms with Crippen LogP contribution < -0.4 is 5.32 Å². The molecule has 1 saturated carbocycles. The third-order valence-corrected chi connectivity index (χ3v) is 3.52. The maximum atomic E-state index is 13.7. The molecule has 20 heavy (non-hydrogen) atoms. The van der Waals surface area contributed by atoms with Crippen molar-refractivity contribution >= 4 is 5.95 Å². The minimum Gasteiger partial charge on any atom is -0.351 e. The minimum atomic E-state index is -0.380. The van der Waals surface area contributed by atoms with Gasteiger partial charge in [0.25, 0.3) is 0 Å². The van der Waals surface area contributed by atoms with Gasteiger partial charge in [-0.15, -0.1) is 0 Å². The second-order valence-electron chi connectivity index (χ2n) is 4.97. The summed E-state index contributed by atoms with van der Waals surface area (Å²) in [6.07, 6.45) is 10.2. The quantitative estimate of drug-likeness (QED) is 0.931. The lowest BCUT2D eigenvalue weighted by Crippen LogP contribution is -2.23. The lowest BCUT2D eigenvalue weighted by Gasteiger charge is -2.22. The number of nitrogens with one attached hydrogen (secondary N) is 1. The molecule has 6 heteroatoms. The van der Waals surface area contributed by atoms with Crippen LogP contribution in [0.5, 0.6) is 0 Å². The van der Waals surface area contributed by atoms with Crippen LogP contribution >= 0.6 is 0 Å². The van der Waals surface area contributed by atoms with Crippen LogP contribution in [0.15, 0.2) is 24.8 Å². The van der Waals surface area contributed by atoms with E-state index in [2.05, 4.69) is 25.3 Å². The van der Waals surface area contributed by atoms with Crippen molar-refractivity contribution in [3.63, 3.8) is 0 Å². The van der Waals surface area contributed by atoms with E-state index in [-0.39, 0.29) is 5.82 Å². The largest absolute Gasteiger partial charge is 0.351 e. The molecule has 0 spiro atoms. The molecule has 1 N–H and O–H groups in total. The Hall–Kier alpha value is -2.11. The molecule has 2 aromatic heterocycles. The first-order chi connectivity index (χ1) is 9.83. The van der Waals surface area contributed by atoms with Crippen molar-refractivity contribution in [3.05, 3.63) is 30.6 Å². The van der Waals surface area contributed by atoms with Crippen molar-refractivity contribution in [2.45, 2.75) is 38.1 Å². The highest BCUT2D eigenvalue weighted by molar-refractivity contribution is 5.55. The number of anilines is 1. The molecule has 0 unspecified atom stereocenters. The van der Waals surface area contributed by atoms with E-state index in [1.165, 1.54) is 44.0 Å². The van der Waals surface area contributed by atoms with Crippen LogP contribution in [0.3, 0.4) is 0 Å². The highest BCUT2D eigenvalue weighted by atomic mass is 19.1. The van der Waals surface area contributed by atoms with Gasteiger partial charge in [-0.2, -0.15) is 4.98 Å². The van der Waals surface area contributed by atoms with Gasteiger partial charge in [0.2, 0.25) is 5.95 Å². The Labute approximate surface area is 116 Å². The normalized spacial score (nSPS) is 16.1. The average molecular weight is 273 g/mol. The molecule has 0 radical (unpaired) electrons. The Morgan fingerprint density at radius 2 is 2.00 bits per heavy atom. The van der Waals surface area contributed by atoms with E-state index in [1.54, 1.807) is 0 Å². The zero-order valence-corrected chi connectivity index (χ0v) is 11.1. The Morgan fingerprint density at radius 1 is 1.15 bits per heavy atom. The Morgan fingerprint density at radius 3 is 2.80 bits per heavy atom. The van der Waals surface area contributed by atoms with Gasteiger partial charge in [0.05, 0.1) is 5.56 Å². The summed E-state index contributed by atoms with van der Waals surface area (Å²) in [5.74, 6) is 0.434. The molecule has 104 valence electrons. The smallest absolute Gasteiger partial charge is 0.226 e. The number of aromatic nitrogens is 4. The molecule has 5 nitrogen and oxygen atoms in total. The first kappa shape index (κ1) is 12.9. The van der Waals surface area contributed by atoms with E-state index >= 15 is 0 Å². The van der Waals surface area contributed by atoms with Crippen LogP contribution in [-0.4, -0.2) is 26.0 Å². The average Bonchev–Trinajstić information content (AvgIpc) is 2.49. The molecule has 0 amide bonds. The van der Waals surface area contributed by atoms with Crippen LogP contribution in [0.25, 0.3) is 11.4 Å². The van der Waals surface area contributed by atoms with Crippen molar-refractivity contribution in [2.75, 3.05) is 5.32 Å². The molecule has 2 aromatic rings. The molecule has 0 saturated heterocycles. The fourth-order valence-electron chi connectivity index (χ4n) is 2.47. The van der Waals surface area contributed by atoms with Gasteiger partial charge in [-0.25, -0.2) is 14.4 Å². The van der Waals surface area contributed by atoms with Crippen molar-refractivity contribution in [3.8, 4) is 11.4 Å². The molecule has 1 fully saturated rings. The summed E-state index contributed by atoms with van der Waals surface area (Å²) in [5.41, 5.74) is 0.293. The van der Waals surface area contributed by atoms with Crippen LogP contribution in [0.4, 0.5) is 10.3 Å². The van der Waals surface area contributed by atoms with E-state index in [1.807, 2.05) is 0 Å². The third-order valence-electron chi connectivity index (χ3n) is 3.52. The fourth-order valence-corrected chi connectivity index (χ4v) is 2.47. The van der Waals surface area contributed by atoms with Crippen molar-refractivity contribution in [2.24, 2.45) is 0 Å². The second kappa shape index (κ2) is 5.90. The molecule has 0 aliphatic heterocycles. The fraction of sp³-hybridized carbons (Fsp3) is 0.429. The predicted octanol–water partition coefficient (Wildman–Crippen LogP) is 2.82. The second-order valence-corrected chi connectivity index (χ2v) is 4.97. The van der Waals surface area contributed by atoms with E-state index in [9.17, 15) is 4.39 Å². The number of rotatable bonds is 3. The lowest BCUT2D eigenvalue weighted by molar-refractivity contribution is 0.460. The number of halogens is 1. The Kier molecular flexibility index (Phi) is 3.80. The number of nitrogens with zero attached hydrogens (tertiary/aromatic N) is 4. The van der Waals surface area contributed by atoms with Gasteiger partial charge in [-0.3, -0.25) is 4.98 Å². The highest BCUT2D eigenvalue weighted by Gasteiger charge is 2.15. The molecule has 1 aliphatic carbocycles. The van der Waals surface area contributed by atoms with Gasteiger partial charge < -0.3 is 5.32 Å². The zero-order valence-electron chi connectivity index (χ0n) is 11.1. The summed E-state index contributed by atoms with van der Waals surface area (Å²) in [6.45, 7) is 0. The number of pyridine rings is 1. The first-order valence-electron chi connectivity index (χ1n) is 6.88. The SMILES string of the molecule is Fc1ccncc1-c1ncnc(NC2CCCCC2)n1. The van der Waals surface area contributed by atoms with Crippen molar-refractivity contribution < 1.29 is 4.39 Å². The van der Waals surface area contributed by atoms with Gasteiger partial charge in [-0.05, 0) is 18.9 Å². The van der Waals surface area contributed by atoms with Gasteiger partial charge in [0.15, 0.2) is 5.82 Å². The van der Waals surface area contributed by atoms with Gasteiger partial charge in [0.1, 0.15) is 12.1 Å². The van der Waals surface area contributed by atoms with E-state index in [0.717, 1.165) is 12.8 Å². The van der Waals surface area contributed by atoms with Crippen LogP contribution in [-0.2, 0) is 0 Å². The molecule has 0 bridgehead atoms. The van der Waals surface area contributed by atoms with Crippen LogP contribution in [0.1, 0.15) is 32.1 Å². The van der Waals surface area contributed by atoms with E-state index in [4.69, 9.17) is 0 Å². The number of hydrogen-bond donors (Lipinski definition) is 1. The summed E-state index contributed by atoms with van der Waals surface area (Å²) in [5, 5.41) is 3.31. The maximum Gasteiger partial charge on any atom is 0.226 e. The Balaban J connectivity index is 1.80. The third kappa shape index (κ3) is 2.89. The highest BCUT2D eigenvalue weighted by Crippen LogP contribution is 2.21. The monoisotopic (exact) mass is 273 g/mol. The lowest BCUT2D eigenvalue weighted by atomic mass is 9.96. The molecular weight excluding hydrogens is 257 g/mol. The first-order valence-corrected chi connectivity index (χ1v) is 6.88. The summed E-state index contributed by atoms with van der Waals surface area (Å²) >= 11 is 0. The van der Waals surface area contributed by atoms with Gasteiger partial charge in [0, 0.05) is 18.4 Å². The van der Waals surface area contributed by atoms with Crippen LogP contribution in [0, 0.1) is 5.82 Å². The molecule has 0 atom stereocenters. The van der Waals surface area contributed by atoms with Gasteiger partial charge in [-0.1, -0.05) is 19.3 Å². The molecule has 1 aliphatic rings. The zero-order chi connectivity index (χ0) is 13.8. The van der Waals surface area contributed by atoms with Crippen molar-refractivity contribution in [1.82, 2.24) is 19.9 Å². The maximum absolute atomic E-state index is 13.7. The molecule has 0 aromatic carbocycles. The van der Waals surface area contributed by atoms with Crippen LogP contribution in [0.2, 0.25) is 0 Å². The van der Waals surface area contributed by atoms with E-state index < -0.39 is 0 Å². The minimum absolute atomic E-state index is 0.293. The van der Waals surface area contributed by atoms with E-state index in [0.29, 0.717) is 23.4 Å². The standard InChI is InChI=1S/C14H16FN5/c15-12-6-7-16-8-11(12)13-17-9-18-14(20-13)19-10-4-2-1-3-5-10/h6-10H,1-5H2,(H,17,18,19,20). The predicted molar refractivity (Wildman–Crippen MR) is 73.5 cm³/mol. The molecule has 2 heterocycles. The Bertz CT molecular complexity index is 583. The van der Waals surface area contributed by atoms with Gasteiger partial charge >= 0.3 is 0 Å². The number of hydrogen-bond acceptors (Lipinski definition) is 5.